The highest BCUT2D eigenvalue weighted by Crippen LogP contribution is 2.16. The molecule has 15 heavy (non-hydrogen) atoms. The van der Waals surface area contributed by atoms with E-state index in [-0.39, 0.29) is 0 Å². The first kappa shape index (κ1) is 10.6. The highest BCUT2D eigenvalue weighted by Gasteiger charge is 2.14. The Kier molecular flexibility index (Phi) is 3.75. The Bertz CT molecular complexity index is 299. The van der Waals surface area contributed by atoms with Gasteiger partial charge in [-0.3, -0.25) is 0 Å². The Morgan fingerprint density at radius 2 is 2.13 bits per heavy atom. The quantitative estimate of drug-likeness (QED) is 0.793. The second-order valence-corrected chi connectivity index (χ2v) is 3.95. The van der Waals surface area contributed by atoms with E-state index in [0.717, 1.165) is 26.1 Å². The molecule has 1 aliphatic heterocycles. The van der Waals surface area contributed by atoms with Crippen molar-refractivity contribution in [2.45, 2.75) is 12.8 Å². The molecule has 0 bridgehead atoms. The van der Waals surface area contributed by atoms with Gasteiger partial charge >= 0.3 is 0 Å². The van der Waals surface area contributed by atoms with Gasteiger partial charge in [0.25, 0.3) is 0 Å². The van der Waals surface area contributed by atoms with Crippen LogP contribution in [0.4, 0.5) is 0 Å². The zero-order valence-corrected chi connectivity index (χ0v) is 9.11. The Morgan fingerprint density at radius 3 is 2.80 bits per heavy atom. The van der Waals surface area contributed by atoms with Gasteiger partial charge in [0.2, 0.25) is 5.88 Å². The van der Waals surface area contributed by atoms with E-state index in [0.29, 0.717) is 23.6 Å². The maximum absolute atomic E-state index is 5.61. The number of nitrogens with zero attached hydrogens (tertiary/aromatic N) is 2. The topological polar surface area (TPSA) is 44.2 Å². The number of aromatic nitrogens is 2. The van der Waals surface area contributed by atoms with Gasteiger partial charge < -0.3 is 9.47 Å². The number of rotatable bonds is 3. The van der Waals surface area contributed by atoms with Crippen molar-refractivity contribution in [1.29, 1.82) is 0 Å². The molecular formula is C10H13ClN2O2. The van der Waals surface area contributed by atoms with Crippen molar-refractivity contribution in [3.63, 3.8) is 0 Å². The molecule has 5 heteroatoms. The predicted molar refractivity (Wildman–Crippen MR) is 56.1 cm³/mol. The van der Waals surface area contributed by atoms with Crippen molar-refractivity contribution in [3.05, 3.63) is 17.3 Å². The van der Waals surface area contributed by atoms with Crippen molar-refractivity contribution in [3.8, 4) is 5.88 Å². The van der Waals surface area contributed by atoms with E-state index in [1.54, 1.807) is 12.1 Å². The molecule has 0 spiro atoms. The van der Waals surface area contributed by atoms with Crippen LogP contribution in [0.5, 0.6) is 5.88 Å². The average molecular weight is 229 g/mol. The van der Waals surface area contributed by atoms with Crippen LogP contribution in [-0.2, 0) is 4.74 Å². The molecule has 1 aromatic heterocycles. The molecule has 0 radical (unpaired) electrons. The number of hydrogen-bond donors (Lipinski definition) is 0. The van der Waals surface area contributed by atoms with E-state index in [1.807, 2.05) is 0 Å². The van der Waals surface area contributed by atoms with Gasteiger partial charge in [0.1, 0.15) is 0 Å². The lowest BCUT2D eigenvalue weighted by molar-refractivity contribution is 0.0489. The first-order valence-corrected chi connectivity index (χ1v) is 5.42. The zero-order chi connectivity index (χ0) is 10.5. The molecule has 2 heterocycles. The molecule has 82 valence electrons. The van der Waals surface area contributed by atoms with E-state index in [1.165, 1.54) is 0 Å². The number of halogens is 1. The highest BCUT2D eigenvalue weighted by atomic mass is 35.5. The van der Waals surface area contributed by atoms with Crippen LogP contribution in [0.1, 0.15) is 12.8 Å². The summed E-state index contributed by atoms with van der Waals surface area (Å²) in [5, 5.41) is 7.92. The summed E-state index contributed by atoms with van der Waals surface area (Å²) in [7, 11) is 0. The summed E-state index contributed by atoms with van der Waals surface area (Å²) in [4.78, 5) is 0. The van der Waals surface area contributed by atoms with Gasteiger partial charge in [-0.25, -0.2) is 0 Å². The van der Waals surface area contributed by atoms with Crippen LogP contribution < -0.4 is 4.74 Å². The Morgan fingerprint density at radius 1 is 1.33 bits per heavy atom. The third kappa shape index (κ3) is 3.32. The van der Waals surface area contributed by atoms with Gasteiger partial charge in [-0.2, -0.15) is 0 Å². The third-order valence-electron chi connectivity index (χ3n) is 2.42. The van der Waals surface area contributed by atoms with Gasteiger partial charge in [-0.05, 0) is 24.8 Å². The minimum atomic E-state index is 0.383. The van der Waals surface area contributed by atoms with E-state index in [9.17, 15) is 0 Å². The van der Waals surface area contributed by atoms with Gasteiger partial charge in [0, 0.05) is 19.3 Å². The lowest BCUT2D eigenvalue weighted by Crippen LogP contribution is -2.21. The molecule has 2 rings (SSSR count). The van der Waals surface area contributed by atoms with Gasteiger partial charge in [0.15, 0.2) is 5.15 Å². The molecule has 0 aliphatic carbocycles. The number of ether oxygens (including phenoxy) is 2. The first-order chi connectivity index (χ1) is 7.34. The van der Waals surface area contributed by atoms with Crippen LogP contribution >= 0.6 is 11.6 Å². The maximum atomic E-state index is 5.61. The van der Waals surface area contributed by atoms with E-state index < -0.39 is 0 Å². The molecule has 0 atom stereocenters. The predicted octanol–water partition coefficient (Wildman–Crippen LogP) is 1.94. The summed E-state index contributed by atoms with van der Waals surface area (Å²) in [6.07, 6.45) is 2.11. The summed E-state index contributed by atoms with van der Waals surface area (Å²) < 4.78 is 10.8. The van der Waals surface area contributed by atoms with Crippen molar-refractivity contribution in [1.82, 2.24) is 10.2 Å². The normalized spacial score (nSPS) is 17.7. The second-order valence-electron chi connectivity index (χ2n) is 3.56. The van der Waals surface area contributed by atoms with Crippen LogP contribution in [0.15, 0.2) is 12.1 Å². The van der Waals surface area contributed by atoms with Crippen molar-refractivity contribution < 1.29 is 9.47 Å². The SMILES string of the molecule is Clc1ccc(OCC2CCOCC2)nn1. The molecule has 4 nitrogen and oxygen atoms in total. The second kappa shape index (κ2) is 5.28. The monoisotopic (exact) mass is 228 g/mol. The van der Waals surface area contributed by atoms with Crippen LogP contribution in [0, 0.1) is 5.92 Å². The summed E-state index contributed by atoms with van der Waals surface area (Å²) in [5.41, 5.74) is 0. The summed E-state index contributed by atoms with van der Waals surface area (Å²) in [6, 6.07) is 3.41. The van der Waals surface area contributed by atoms with E-state index in [2.05, 4.69) is 10.2 Å². The minimum Gasteiger partial charge on any atom is -0.476 e. The fourth-order valence-electron chi connectivity index (χ4n) is 1.50. The van der Waals surface area contributed by atoms with Gasteiger partial charge in [-0.15, -0.1) is 10.2 Å². The van der Waals surface area contributed by atoms with Crippen LogP contribution in [-0.4, -0.2) is 30.0 Å². The molecule has 1 aromatic rings. The molecule has 0 saturated carbocycles. The number of hydrogen-bond acceptors (Lipinski definition) is 4. The molecular weight excluding hydrogens is 216 g/mol. The minimum absolute atomic E-state index is 0.383. The van der Waals surface area contributed by atoms with Gasteiger partial charge in [-0.1, -0.05) is 11.6 Å². The van der Waals surface area contributed by atoms with E-state index in [4.69, 9.17) is 21.1 Å². The Hall–Kier alpha value is -0.870. The molecule has 0 unspecified atom stereocenters. The molecule has 0 N–H and O–H groups in total. The molecule has 0 aromatic carbocycles. The maximum Gasteiger partial charge on any atom is 0.233 e. The van der Waals surface area contributed by atoms with Crippen molar-refractivity contribution in [2.75, 3.05) is 19.8 Å². The molecule has 0 amide bonds. The fourth-order valence-corrected chi connectivity index (χ4v) is 1.60. The van der Waals surface area contributed by atoms with Crippen molar-refractivity contribution in [2.24, 2.45) is 5.92 Å². The van der Waals surface area contributed by atoms with E-state index >= 15 is 0 Å². The molecule has 1 fully saturated rings. The van der Waals surface area contributed by atoms with Crippen molar-refractivity contribution >= 4 is 11.6 Å². The summed E-state index contributed by atoms with van der Waals surface area (Å²) in [6.45, 7) is 2.35. The Balaban J connectivity index is 1.79. The lowest BCUT2D eigenvalue weighted by atomic mass is 10.0. The average Bonchev–Trinajstić information content (AvgIpc) is 2.30. The smallest absolute Gasteiger partial charge is 0.233 e. The summed E-state index contributed by atoms with van der Waals surface area (Å²) >= 11 is 5.61. The van der Waals surface area contributed by atoms with Crippen LogP contribution in [0.3, 0.4) is 0 Å². The third-order valence-corrected chi connectivity index (χ3v) is 2.62. The zero-order valence-electron chi connectivity index (χ0n) is 8.36. The van der Waals surface area contributed by atoms with Crippen LogP contribution in [0.2, 0.25) is 5.15 Å². The van der Waals surface area contributed by atoms with Crippen LogP contribution in [0.25, 0.3) is 0 Å². The summed E-state index contributed by atoms with van der Waals surface area (Å²) in [5.74, 6) is 1.10. The standard InChI is InChI=1S/C10H13ClN2O2/c11-9-1-2-10(13-12-9)15-7-8-3-5-14-6-4-8/h1-2,8H,3-7H2. The largest absolute Gasteiger partial charge is 0.476 e. The molecule has 1 saturated heterocycles. The Labute approximate surface area is 93.6 Å². The fraction of sp³-hybridized carbons (Fsp3) is 0.600. The first-order valence-electron chi connectivity index (χ1n) is 5.04. The molecule has 1 aliphatic rings. The highest BCUT2D eigenvalue weighted by molar-refractivity contribution is 6.29. The lowest BCUT2D eigenvalue weighted by Gasteiger charge is -2.21. The van der Waals surface area contributed by atoms with Gasteiger partial charge in [0.05, 0.1) is 6.61 Å².